The molecule has 2 unspecified atom stereocenters. The van der Waals surface area contributed by atoms with Crippen molar-refractivity contribution in [2.75, 3.05) is 6.54 Å². The van der Waals surface area contributed by atoms with E-state index in [1.165, 1.54) is 6.33 Å². The van der Waals surface area contributed by atoms with Crippen molar-refractivity contribution in [3.8, 4) is 0 Å². The molecule has 1 aliphatic rings. The first-order valence-electron chi connectivity index (χ1n) is 5.27. The summed E-state index contributed by atoms with van der Waals surface area (Å²) in [4.78, 5) is 15.6. The number of nitrogens with two attached hydrogens (primary N) is 1. The lowest BCUT2D eigenvalue weighted by atomic mass is 10.2. The summed E-state index contributed by atoms with van der Waals surface area (Å²) in [6, 6.07) is 0. The molecule has 88 valence electrons. The number of rotatable bonds is 4. The van der Waals surface area contributed by atoms with E-state index in [-0.39, 0.29) is 18.1 Å². The van der Waals surface area contributed by atoms with Crippen molar-refractivity contribution in [3.05, 3.63) is 12.2 Å². The minimum Gasteiger partial charge on any atom is -0.364 e. The summed E-state index contributed by atoms with van der Waals surface area (Å²) in [5, 5.41) is 9.09. The maximum atomic E-state index is 11.7. The van der Waals surface area contributed by atoms with Crippen LogP contribution in [0.25, 0.3) is 0 Å². The van der Waals surface area contributed by atoms with Crippen molar-refractivity contribution in [1.82, 2.24) is 20.5 Å². The van der Waals surface area contributed by atoms with Crippen LogP contribution in [0.2, 0.25) is 0 Å². The second-order valence-electron chi connectivity index (χ2n) is 3.71. The van der Waals surface area contributed by atoms with Crippen molar-refractivity contribution in [2.24, 2.45) is 5.73 Å². The predicted octanol–water partition coefficient (Wildman–Crippen LogP) is -1.07. The molecule has 0 spiro atoms. The average Bonchev–Trinajstić information content (AvgIpc) is 2.96. The van der Waals surface area contributed by atoms with Crippen LogP contribution in [0.15, 0.2) is 6.33 Å². The van der Waals surface area contributed by atoms with Gasteiger partial charge in [0.05, 0.1) is 12.6 Å². The number of carbonyl (C=O) groups is 1. The summed E-state index contributed by atoms with van der Waals surface area (Å²) >= 11 is 0. The van der Waals surface area contributed by atoms with Crippen molar-refractivity contribution < 1.29 is 9.53 Å². The zero-order valence-corrected chi connectivity index (χ0v) is 8.85. The van der Waals surface area contributed by atoms with E-state index in [0.717, 1.165) is 12.8 Å². The number of H-pyrrole nitrogens is 1. The van der Waals surface area contributed by atoms with Gasteiger partial charge in [0.2, 0.25) is 5.91 Å². The van der Waals surface area contributed by atoms with Crippen LogP contribution in [0.3, 0.4) is 0 Å². The highest BCUT2D eigenvalue weighted by Gasteiger charge is 2.29. The fraction of sp³-hybridized carbons (Fsp3) is 0.667. The minimum atomic E-state index is -0.378. The minimum absolute atomic E-state index is 0.0148. The Kier molecular flexibility index (Phi) is 3.47. The number of aromatic amines is 1. The Morgan fingerprint density at radius 2 is 2.56 bits per heavy atom. The lowest BCUT2D eigenvalue weighted by molar-refractivity contribution is -0.132. The zero-order chi connectivity index (χ0) is 11.4. The first kappa shape index (κ1) is 11.0. The maximum Gasteiger partial charge on any atom is 0.249 e. The molecule has 1 saturated heterocycles. The number of nitrogens with zero attached hydrogens (tertiary/aromatic N) is 2. The van der Waals surface area contributed by atoms with E-state index in [1.807, 2.05) is 0 Å². The van der Waals surface area contributed by atoms with Crippen LogP contribution in [0.4, 0.5) is 0 Å². The van der Waals surface area contributed by atoms with E-state index in [9.17, 15) is 4.79 Å². The van der Waals surface area contributed by atoms with Crippen LogP contribution < -0.4 is 11.1 Å². The highest BCUT2D eigenvalue weighted by Crippen LogP contribution is 2.18. The van der Waals surface area contributed by atoms with Crippen molar-refractivity contribution in [3.63, 3.8) is 0 Å². The van der Waals surface area contributed by atoms with Gasteiger partial charge in [-0.25, -0.2) is 4.98 Å². The second-order valence-corrected chi connectivity index (χ2v) is 3.71. The van der Waals surface area contributed by atoms with E-state index >= 15 is 0 Å². The smallest absolute Gasteiger partial charge is 0.249 e. The molecular weight excluding hydrogens is 210 g/mol. The highest BCUT2D eigenvalue weighted by molar-refractivity contribution is 5.80. The Morgan fingerprint density at radius 1 is 1.69 bits per heavy atom. The maximum absolute atomic E-state index is 11.7. The van der Waals surface area contributed by atoms with Gasteiger partial charge in [0.15, 0.2) is 0 Å². The topological polar surface area (TPSA) is 106 Å². The Balaban J connectivity index is 1.76. The van der Waals surface area contributed by atoms with Crippen LogP contribution in [-0.4, -0.2) is 39.8 Å². The number of hydrogen-bond acceptors (Lipinski definition) is 5. The molecule has 0 aromatic carbocycles. The highest BCUT2D eigenvalue weighted by atomic mass is 16.5. The zero-order valence-electron chi connectivity index (χ0n) is 8.85. The number of ether oxygens (including phenoxy) is 1. The molecule has 16 heavy (non-hydrogen) atoms. The van der Waals surface area contributed by atoms with E-state index < -0.39 is 0 Å². The Hall–Kier alpha value is -1.47. The molecule has 2 atom stereocenters. The molecule has 7 nitrogen and oxygen atoms in total. The molecule has 0 radical (unpaired) electrons. The quantitative estimate of drug-likeness (QED) is 0.605. The third-order valence-corrected chi connectivity index (χ3v) is 2.56. The van der Waals surface area contributed by atoms with E-state index in [4.69, 9.17) is 10.5 Å². The number of nitrogens with one attached hydrogen (secondary N) is 2. The second kappa shape index (κ2) is 5.04. The summed E-state index contributed by atoms with van der Waals surface area (Å²) in [5.74, 6) is 0.508. The van der Waals surface area contributed by atoms with Gasteiger partial charge in [-0.3, -0.25) is 9.89 Å². The standard InChI is InChI=1S/C9H15N5O2/c10-3-6-1-2-7(16-6)9(15)11-4-8-12-5-13-14-8/h5-7H,1-4,10H2,(H,11,15)(H,12,13,14). The Morgan fingerprint density at radius 3 is 3.19 bits per heavy atom. The molecule has 1 amide bonds. The normalized spacial score (nSPS) is 24.6. The van der Waals surface area contributed by atoms with Gasteiger partial charge in [0.25, 0.3) is 0 Å². The third-order valence-electron chi connectivity index (χ3n) is 2.56. The first-order chi connectivity index (χ1) is 7.79. The molecule has 1 fully saturated rings. The van der Waals surface area contributed by atoms with Gasteiger partial charge in [-0.15, -0.1) is 0 Å². The van der Waals surface area contributed by atoms with Gasteiger partial charge in [-0.05, 0) is 12.8 Å². The first-order valence-corrected chi connectivity index (χ1v) is 5.27. The summed E-state index contributed by atoms with van der Waals surface area (Å²) in [5.41, 5.74) is 5.47. The fourth-order valence-corrected chi connectivity index (χ4v) is 1.67. The predicted molar refractivity (Wildman–Crippen MR) is 55.2 cm³/mol. The third kappa shape index (κ3) is 2.56. The lowest BCUT2D eigenvalue weighted by Gasteiger charge is -2.11. The number of hydrogen-bond donors (Lipinski definition) is 3. The van der Waals surface area contributed by atoms with Gasteiger partial charge in [-0.2, -0.15) is 5.10 Å². The SMILES string of the molecule is NCC1CCC(C(=O)NCc2ncn[nH]2)O1. The molecule has 1 aliphatic heterocycles. The van der Waals surface area contributed by atoms with Crippen molar-refractivity contribution >= 4 is 5.91 Å². The van der Waals surface area contributed by atoms with Crippen LogP contribution in [-0.2, 0) is 16.1 Å². The molecule has 0 aliphatic carbocycles. The van der Waals surface area contributed by atoms with Gasteiger partial charge < -0.3 is 15.8 Å². The van der Waals surface area contributed by atoms with E-state index in [0.29, 0.717) is 18.9 Å². The molecule has 7 heteroatoms. The molecule has 2 heterocycles. The van der Waals surface area contributed by atoms with Crippen LogP contribution in [0.1, 0.15) is 18.7 Å². The van der Waals surface area contributed by atoms with Crippen LogP contribution in [0.5, 0.6) is 0 Å². The molecule has 1 aromatic rings. The molecule has 0 bridgehead atoms. The van der Waals surface area contributed by atoms with E-state index in [2.05, 4.69) is 20.5 Å². The molecule has 1 aromatic heterocycles. The molecule has 0 saturated carbocycles. The summed E-state index contributed by atoms with van der Waals surface area (Å²) in [6.45, 7) is 0.803. The summed E-state index contributed by atoms with van der Waals surface area (Å²) in [6.07, 6.45) is 2.61. The largest absolute Gasteiger partial charge is 0.364 e. The van der Waals surface area contributed by atoms with Crippen LogP contribution >= 0.6 is 0 Å². The number of carbonyl (C=O) groups excluding carboxylic acids is 1. The van der Waals surface area contributed by atoms with Crippen molar-refractivity contribution in [1.29, 1.82) is 0 Å². The van der Waals surface area contributed by atoms with Gasteiger partial charge in [0, 0.05) is 6.54 Å². The Bertz CT molecular complexity index is 340. The van der Waals surface area contributed by atoms with Gasteiger partial charge >= 0.3 is 0 Å². The number of amides is 1. The lowest BCUT2D eigenvalue weighted by Crippen LogP contribution is -2.35. The van der Waals surface area contributed by atoms with Crippen molar-refractivity contribution in [2.45, 2.75) is 31.6 Å². The monoisotopic (exact) mass is 225 g/mol. The molecule has 4 N–H and O–H groups in total. The van der Waals surface area contributed by atoms with Crippen LogP contribution in [0, 0.1) is 0 Å². The molecule has 2 rings (SSSR count). The average molecular weight is 225 g/mol. The fourth-order valence-electron chi connectivity index (χ4n) is 1.67. The van der Waals surface area contributed by atoms with Gasteiger partial charge in [-0.1, -0.05) is 0 Å². The Labute approximate surface area is 92.8 Å². The van der Waals surface area contributed by atoms with Gasteiger partial charge in [0.1, 0.15) is 18.3 Å². The summed E-state index contributed by atoms with van der Waals surface area (Å²) < 4.78 is 5.46. The van der Waals surface area contributed by atoms with E-state index in [1.54, 1.807) is 0 Å². The molecular formula is C9H15N5O2. The summed E-state index contributed by atoms with van der Waals surface area (Å²) in [7, 11) is 0. The number of aromatic nitrogens is 3.